The van der Waals surface area contributed by atoms with Gasteiger partial charge in [-0.2, -0.15) is 0 Å². The highest BCUT2D eigenvalue weighted by molar-refractivity contribution is 5.87. The largest absolute Gasteiger partial charge is 0.395 e. The molecule has 5 nitrogen and oxygen atoms in total. The maximum atomic E-state index is 10.9. The molecule has 1 fully saturated rings. The molecule has 1 aliphatic heterocycles. The molecule has 1 saturated carbocycles. The first-order valence-corrected chi connectivity index (χ1v) is 3.43. The van der Waals surface area contributed by atoms with Crippen molar-refractivity contribution in [1.82, 2.24) is 10.6 Å². The van der Waals surface area contributed by atoms with E-state index in [-0.39, 0.29) is 5.91 Å². The molecule has 5 heteroatoms. The number of amides is 1. The summed E-state index contributed by atoms with van der Waals surface area (Å²) in [5.74, 6) is -0.305. The second kappa shape index (κ2) is 1.88. The predicted molar refractivity (Wildman–Crippen MR) is 36.4 cm³/mol. The summed E-state index contributed by atoms with van der Waals surface area (Å²) in [6.07, 6.45) is 4.73. The maximum Gasteiger partial charge on any atom is 0.244 e. The third-order valence-corrected chi connectivity index (χ3v) is 2.07. The number of hydrogen-bond donors (Lipinski definition) is 2. The molecule has 0 aromatic rings. The molecule has 0 aromatic heterocycles. The number of hydrogen-bond acceptors (Lipinski definition) is 4. The van der Waals surface area contributed by atoms with E-state index in [0.29, 0.717) is 0 Å². The van der Waals surface area contributed by atoms with E-state index in [0.717, 1.165) is 12.8 Å². The zero-order chi connectivity index (χ0) is 7.90. The average molecular weight is 155 g/mol. The Morgan fingerprint density at radius 2 is 2.45 bits per heavy atom. The summed E-state index contributed by atoms with van der Waals surface area (Å²) in [6.45, 7) is 0. The zero-order valence-electron chi connectivity index (χ0n) is 5.91. The first-order valence-electron chi connectivity index (χ1n) is 3.43. The van der Waals surface area contributed by atoms with Crippen molar-refractivity contribution >= 4 is 5.91 Å². The second-order valence-electron chi connectivity index (χ2n) is 2.76. The van der Waals surface area contributed by atoms with Gasteiger partial charge in [-0.25, -0.2) is 0 Å². The zero-order valence-corrected chi connectivity index (χ0v) is 5.91. The van der Waals surface area contributed by atoms with Crippen molar-refractivity contribution in [2.24, 2.45) is 5.73 Å². The minimum atomic E-state index is -0.521. The number of nitrogens with one attached hydrogen (secondary N) is 1. The van der Waals surface area contributed by atoms with Crippen molar-refractivity contribution in [3.8, 4) is 0 Å². The normalized spacial score (nSPS) is 24.9. The van der Waals surface area contributed by atoms with Gasteiger partial charge in [0, 0.05) is 0 Å². The van der Waals surface area contributed by atoms with Gasteiger partial charge in [-0.3, -0.25) is 9.80 Å². The van der Waals surface area contributed by atoms with Crippen LogP contribution in [-0.4, -0.2) is 16.5 Å². The Labute approximate surface area is 63.7 Å². The third kappa shape index (κ3) is 0.775. The van der Waals surface area contributed by atoms with Crippen molar-refractivity contribution in [2.45, 2.75) is 18.4 Å². The van der Waals surface area contributed by atoms with Crippen molar-refractivity contribution in [1.29, 1.82) is 0 Å². The number of nitrogens with two attached hydrogens (primary N) is 1. The van der Waals surface area contributed by atoms with E-state index in [9.17, 15) is 4.79 Å². The van der Waals surface area contributed by atoms with Gasteiger partial charge in [0.25, 0.3) is 0 Å². The standard InChI is InChI=1S/C6H9N3O2/c7-5(10)6(1-2-6)9-3-4-11-8-9/h3-4,8H,1-2H2,(H2,7,10). The fraction of sp³-hybridized carbons (Fsp3) is 0.500. The summed E-state index contributed by atoms with van der Waals surface area (Å²) in [7, 11) is 0. The van der Waals surface area contributed by atoms with Crippen LogP contribution in [0.15, 0.2) is 12.5 Å². The highest BCUT2D eigenvalue weighted by Crippen LogP contribution is 2.41. The lowest BCUT2D eigenvalue weighted by atomic mass is 10.2. The van der Waals surface area contributed by atoms with Gasteiger partial charge in [-0.15, -0.1) is 0 Å². The number of primary amides is 1. The molecule has 0 unspecified atom stereocenters. The number of carbonyl (C=O) groups excluding carboxylic acids is 1. The van der Waals surface area contributed by atoms with Gasteiger partial charge in [0.15, 0.2) is 0 Å². The van der Waals surface area contributed by atoms with Crippen LogP contribution in [0.4, 0.5) is 0 Å². The van der Waals surface area contributed by atoms with Gasteiger partial charge in [0.1, 0.15) is 11.8 Å². The molecular weight excluding hydrogens is 146 g/mol. The van der Waals surface area contributed by atoms with Crippen LogP contribution in [-0.2, 0) is 9.63 Å². The molecule has 60 valence electrons. The molecule has 0 bridgehead atoms. The van der Waals surface area contributed by atoms with Gasteiger partial charge in [0.05, 0.1) is 6.20 Å². The summed E-state index contributed by atoms with van der Waals surface area (Å²) in [5, 5.41) is 1.61. The Kier molecular flexibility index (Phi) is 1.11. The number of nitrogens with zero attached hydrogens (tertiary/aromatic N) is 1. The van der Waals surface area contributed by atoms with Gasteiger partial charge < -0.3 is 10.6 Å². The van der Waals surface area contributed by atoms with Crippen LogP contribution < -0.4 is 11.3 Å². The lowest BCUT2D eigenvalue weighted by Crippen LogP contribution is -2.48. The highest BCUT2D eigenvalue weighted by atomic mass is 16.7. The van der Waals surface area contributed by atoms with E-state index in [1.807, 2.05) is 0 Å². The topological polar surface area (TPSA) is 67.6 Å². The third-order valence-electron chi connectivity index (χ3n) is 2.07. The molecule has 0 atom stereocenters. The van der Waals surface area contributed by atoms with Crippen LogP contribution in [0.25, 0.3) is 0 Å². The van der Waals surface area contributed by atoms with Crippen molar-refractivity contribution in [3.05, 3.63) is 12.5 Å². The lowest BCUT2D eigenvalue weighted by Gasteiger charge is -2.22. The summed E-state index contributed by atoms with van der Waals surface area (Å²) >= 11 is 0. The monoisotopic (exact) mass is 155 g/mol. The maximum absolute atomic E-state index is 10.9. The van der Waals surface area contributed by atoms with Crippen LogP contribution in [0.1, 0.15) is 12.8 Å². The smallest absolute Gasteiger partial charge is 0.244 e. The number of hydrazine groups is 1. The summed E-state index contributed by atoms with van der Waals surface area (Å²) < 4.78 is 0. The van der Waals surface area contributed by atoms with E-state index in [1.165, 1.54) is 6.26 Å². The Bertz CT molecular complexity index is 222. The first kappa shape index (κ1) is 6.48. The molecule has 0 spiro atoms. The van der Waals surface area contributed by atoms with Gasteiger partial charge >= 0.3 is 0 Å². The quantitative estimate of drug-likeness (QED) is 0.549. The average Bonchev–Trinajstić information content (AvgIpc) is 2.61. The van der Waals surface area contributed by atoms with Crippen molar-refractivity contribution in [2.75, 3.05) is 0 Å². The van der Waals surface area contributed by atoms with E-state index in [1.54, 1.807) is 11.2 Å². The van der Waals surface area contributed by atoms with Crippen LogP contribution in [0, 0.1) is 0 Å². The molecule has 2 aliphatic rings. The molecule has 0 aromatic carbocycles. The predicted octanol–water partition coefficient (Wildman–Crippen LogP) is -0.773. The molecule has 0 saturated heterocycles. The van der Waals surface area contributed by atoms with Gasteiger partial charge in [0.2, 0.25) is 5.91 Å². The molecule has 0 radical (unpaired) electrons. The van der Waals surface area contributed by atoms with Gasteiger partial charge in [-0.1, -0.05) is 5.59 Å². The molecule has 1 amide bonds. The Morgan fingerprint density at radius 3 is 2.82 bits per heavy atom. The number of rotatable bonds is 2. The van der Waals surface area contributed by atoms with Crippen molar-refractivity contribution in [3.63, 3.8) is 0 Å². The number of carbonyl (C=O) groups is 1. The Hall–Kier alpha value is -1.23. The van der Waals surface area contributed by atoms with E-state index >= 15 is 0 Å². The molecule has 1 heterocycles. The second-order valence-corrected chi connectivity index (χ2v) is 2.76. The van der Waals surface area contributed by atoms with E-state index < -0.39 is 5.54 Å². The summed E-state index contributed by atoms with van der Waals surface area (Å²) in [6, 6.07) is 0. The van der Waals surface area contributed by atoms with Crippen LogP contribution in [0.2, 0.25) is 0 Å². The fourth-order valence-electron chi connectivity index (χ4n) is 1.16. The molecular formula is C6H9N3O2. The molecule has 2 rings (SSSR count). The molecule has 11 heavy (non-hydrogen) atoms. The van der Waals surface area contributed by atoms with Crippen LogP contribution >= 0.6 is 0 Å². The van der Waals surface area contributed by atoms with E-state index in [4.69, 9.17) is 10.6 Å². The first-order chi connectivity index (χ1) is 5.26. The Morgan fingerprint density at radius 1 is 1.73 bits per heavy atom. The summed E-state index contributed by atoms with van der Waals surface area (Å²) in [5.41, 5.74) is 7.24. The van der Waals surface area contributed by atoms with Gasteiger partial charge in [-0.05, 0) is 12.8 Å². The van der Waals surface area contributed by atoms with Crippen molar-refractivity contribution < 1.29 is 9.63 Å². The van der Waals surface area contributed by atoms with Crippen LogP contribution in [0.5, 0.6) is 0 Å². The van der Waals surface area contributed by atoms with Crippen LogP contribution in [0.3, 0.4) is 0 Å². The minimum Gasteiger partial charge on any atom is -0.395 e. The molecule has 1 aliphatic carbocycles. The Balaban J connectivity index is 2.14. The fourth-order valence-corrected chi connectivity index (χ4v) is 1.16. The highest BCUT2D eigenvalue weighted by Gasteiger charge is 2.54. The minimum absolute atomic E-state index is 0.305. The SMILES string of the molecule is NC(=O)C1(N2C=CON2)CC1. The lowest BCUT2D eigenvalue weighted by molar-refractivity contribution is -0.127. The van der Waals surface area contributed by atoms with E-state index in [2.05, 4.69) is 5.59 Å². The summed E-state index contributed by atoms with van der Waals surface area (Å²) in [4.78, 5) is 15.6. The molecule has 3 N–H and O–H groups in total.